The van der Waals surface area contributed by atoms with E-state index in [2.05, 4.69) is 19.9 Å². The molecule has 1 aliphatic heterocycles. The van der Waals surface area contributed by atoms with Gasteiger partial charge >= 0.3 is 5.63 Å². The monoisotopic (exact) mass is 355 g/mol. The number of fused-ring (bicyclic) bond motifs is 1. The van der Waals surface area contributed by atoms with E-state index in [1.807, 2.05) is 37.3 Å². The molecule has 0 bridgehead atoms. The number of nitrogens with zero attached hydrogens (tertiary/aromatic N) is 1. The Balaban J connectivity index is 1.84. The van der Waals surface area contributed by atoms with Crippen LogP contribution in [0.3, 0.4) is 0 Å². The van der Waals surface area contributed by atoms with Crippen molar-refractivity contribution in [3.63, 3.8) is 0 Å². The van der Waals surface area contributed by atoms with Crippen molar-refractivity contribution in [2.45, 2.75) is 32.1 Å². The van der Waals surface area contributed by atoms with Gasteiger partial charge < -0.3 is 4.42 Å². The topological polar surface area (TPSA) is 42.6 Å². The zero-order valence-electron chi connectivity index (χ0n) is 13.7. The molecule has 2 unspecified atom stereocenters. The van der Waals surface area contributed by atoms with E-state index >= 15 is 0 Å². The van der Waals surface area contributed by atoms with Gasteiger partial charge in [0.05, 0.1) is 21.9 Å². The smallest absolute Gasteiger partial charge is 0.340 e. The molecule has 3 heterocycles. The van der Waals surface area contributed by atoms with Crippen LogP contribution in [0.5, 0.6) is 0 Å². The lowest BCUT2D eigenvalue weighted by atomic mass is 9.99. The molecule has 0 amide bonds. The first-order valence-corrected chi connectivity index (χ1v) is 9.53. The Morgan fingerprint density at radius 3 is 2.62 bits per heavy atom. The third kappa shape index (κ3) is 2.62. The predicted molar refractivity (Wildman–Crippen MR) is 102 cm³/mol. The minimum absolute atomic E-state index is 0.0241. The quantitative estimate of drug-likeness (QED) is 0.577. The molecule has 122 valence electrons. The molecule has 0 aliphatic carbocycles. The molecule has 2 atom stereocenters. The van der Waals surface area contributed by atoms with Gasteiger partial charge in [-0.2, -0.15) is 0 Å². The van der Waals surface area contributed by atoms with Crippen molar-refractivity contribution in [2.24, 2.45) is 4.99 Å². The van der Waals surface area contributed by atoms with Gasteiger partial charge in [-0.25, -0.2) is 4.79 Å². The minimum Gasteiger partial charge on any atom is -0.422 e. The van der Waals surface area contributed by atoms with E-state index < -0.39 is 0 Å². The molecule has 2 aromatic heterocycles. The Bertz CT molecular complexity index is 1020. The number of aliphatic imine (C=N–C) groups is 1. The van der Waals surface area contributed by atoms with Crippen molar-refractivity contribution < 1.29 is 4.42 Å². The summed E-state index contributed by atoms with van der Waals surface area (Å²) in [5, 5.41) is 1.94. The van der Waals surface area contributed by atoms with E-state index in [-0.39, 0.29) is 16.9 Å². The normalized spacial score (nSPS) is 20.5. The zero-order chi connectivity index (χ0) is 16.8. The molecule has 0 radical (unpaired) electrons. The molecule has 24 heavy (non-hydrogen) atoms. The summed E-state index contributed by atoms with van der Waals surface area (Å²) >= 11 is 3.44. The van der Waals surface area contributed by atoms with Gasteiger partial charge in [0.15, 0.2) is 0 Å². The van der Waals surface area contributed by atoms with Gasteiger partial charge in [-0.15, -0.1) is 23.1 Å². The van der Waals surface area contributed by atoms with Crippen molar-refractivity contribution in [3.8, 4) is 0 Å². The number of benzene rings is 1. The summed E-state index contributed by atoms with van der Waals surface area (Å²) < 4.78 is 5.54. The fraction of sp³-hybridized carbons (Fsp3) is 0.263. The number of hydrogen-bond acceptors (Lipinski definition) is 5. The highest BCUT2D eigenvalue weighted by Crippen LogP contribution is 2.49. The minimum atomic E-state index is -0.259. The predicted octanol–water partition coefficient (Wildman–Crippen LogP) is 5.42. The molecule has 3 nitrogen and oxygen atoms in total. The average Bonchev–Trinajstić information content (AvgIpc) is 3.08. The van der Waals surface area contributed by atoms with Crippen LogP contribution < -0.4 is 5.63 Å². The van der Waals surface area contributed by atoms with Crippen molar-refractivity contribution in [2.75, 3.05) is 0 Å². The average molecular weight is 355 g/mol. The summed E-state index contributed by atoms with van der Waals surface area (Å²) in [7, 11) is 0. The molecule has 0 fully saturated rings. The van der Waals surface area contributed by atoms with Gasteiger partial charge in [0.25, 0.3) is 0 Å². The second kappa shape index (κ2) is 5.90. The Labute approximate surface area is 148 Å². The van der Waals surface area contributed by atoms with Gasteiger partial charge in [-0.1, -0.05) is 18.2 Å². The lowest BCUT2D eigenvalue weighted by Crippen LogP contribution is -2.13. The van der Waals surface area contributed by atoms with Gasteiger partial charge in [0.2, 0.25) is 0 Å². The molecular weight excluding hydrogens is 338 g/mol. The molecule has 1 aliphatic rings. The molecular formula is C19H17NO2S2. The molecule has 0 spiro atoms. The number of para-hydroxylation sites is 1. The Kier molecular flexibility index (Phi) is 3.85. The first-order valence-electron chi connectivity index (χ1n) is 7.83. The van der Waals surface area contributed by atoms with Crippen LogP contribution in [0, 0.1) is 13.8 Å². The van der Waals surface area contributed by atoms with Gasteiger partial charge in [0, 0.05) is 15.1 Å². The van der Waals surface area contributed by atoms with Gasteiger partial charge in [-0.3, -0.25) is 4.99 Å². The van der Waals surface area contributed by atoms with Crippen molar-refractivity contribution in [3.05, 3.63) is 67.7 Å². The summed E-state index contributed by atoms with van der Waals surface area (Å²) in [6.45, 7) is 6.24. The number of aryl methyl sites for hydroxylation is 2. The van der Waals surface area contributed by atoms with Crippen molar-refractivity contribution >= 4 is 39.1 Å². The lowest BCUT2D eigenvalue weighted by Gasteiger charge is -2.17. The van der Waals surface area contributed by atoms with E-state index in [1.165, 1.54) is 15.3 Å². The Morgan fingerprint density at radius 1 is 1.08 bits per heavy atom. The maximum Gasteiger partial charge on any atom is 0.340 e. The largest absolute Gasteiger partial charge is 0.422 e. The SMILES string of the molecule is CC1=NC(c2cc(C)sc2C)C(c2cc3ccccc3oc2=O)S1. The van der Waals surface area contributed by atoms with Crippen LogP contribution in [0.4, 0.5) is 0 Å². The third-order valence-electron chi connectivity index (χ3n) is 4.28. The molecule has 0 saturated carbocycles. The summed E-state index contributed by atoms with van der Waals surface area (Å²) in [5.74, 6) is 0. The number of hydrogen-bond donors (Lipinski definition) is 0. The number of rotatable bonds is 2. The van der Waals surface area contributed by atoms with Crippen molar-refractivity contribution in [1.82, 2.24) is 0 Å². The van der Waals surface area contributed by atoms with E-state index in [4.69, 9.17) is 9.41 Å². The number of thioether (sulfide) groups is 1. The Morgan fingerprint density at radius 2 is 1.88 bits per heavy atom. The van der Waals surface area contributed by atoms with Crippen molar-refractivity contribution in [1.29, 1.82) is 0 Å². The maximum absolute atomic E-state index is 12.6. The first kappa shape index (κ1) is 15.7. The highest BCUT2D eigenvalue weighted by molar-refractivity contribution is 8.14. The molecule has 3 aromatic rings. The van der Waals surface area contributed by atoms with Crippen LogP contribution in [0.25, 0.3) is 11.0 Å². The fourth-order valence-electron chi connectivity index (χ4n) is 3.23. The highest BCUT2D eigenvalue weighted by atomic mass is 32.2. The second-order valence-electron chi connectivity index (χ2n) is 6.03. The standard InChI is InChI=1S/C19H17NO2S2/c1-10-8-14(11(2)23-10)17-18(24-12(3)20-17)15-9-13-6-4-5-7-16(13)22-19(15)21/h4-9,17-18H,1-3H3. The van der Waals surface area contributed by atoms with E-state index in [1.54, 1.807) is 23.1 Å². The van der Waals surface area contributed by atoms with Crippen LogP contribution in [0.1, 0.15) is 39.1 Å². The summed E-state index contributed by atoms with van der Waals surface area (Å²) in [4.78, 5) is 19.9. The van der Waals surface area contributed by atoms with Crippen LogP contribution >= 0.6 is 23.1 Å². The lowest BCUT2D eigenvalue weighted by molar-refractivity contribution is 0.542. The first-order chi connectivity index (χ1) is 11.5. The fourth-order valence-corrected chi connectivity index (χ4v) is 5.36. The maximum atomic E-state index is 12.6. The molecule has 0 saturated heterocycles. The molecule has 4 rings (SSSR count). The van der Waals surface area contributed by atoms with Crippen LogP contribution in [0.15, 0.2) is 50.6 Å². The zero-order valence-corrected chi connectivity index (χ0v) is 15.3. The van der Waals surface area contributed by atoms with E-state index in [0.29, 0.717) is 11.1 Å². The van der Waals surface area contributed by atoms with Crippen LogP contribution in [-0.2, 0) is 0 Å². The van der Waals surface area contributed by atoms with E-state index in [0.717, 1.165) is 10.4 Å². The molecule has 1 aromatic carbocycles. The third-order valence-corrected chi connectivity index (χ3v) is 6.47. The summed E-state index contributed by atoms with van der Waals surface area (Å²) in [6.07, 6.45) is 0. The number of thiophene rings is 1. The summed E-state index contributed by atoms with van der Waals surface area (Å²) in [6, 6.07) is 11.8. The van der Waals surface area contributed by atoms with Gasteiger partial charge in [0.1, 0.15) is 5.58 Å². The van der Waals surface area contributed by atoms with E-state index in [9.17, 15) is 4.79 Å². The summed E-state index contributed by atoms with van der Waals surface area (Å²) in [5.41, 5.74) is 2.30. The van der Waals surface area contributed by atoms with Crippen LogP contribution in [0.2, 0.25) is 0 Å². The molecule has 5 heteroatoms. The Hall–Kier alpha value is -1.85. The van der Waals surface area contributed by atoms with Gasteiger partial charge in [-0.05, 0) is 44.5 Å². The second-order valence-corrected chi connectivity index (χ2v) is 8.82. The highest BCUT2D eigenvalue weighted by Gasteiger charge is 2.35. The van der Waals surface area contributed by atoms with Crippen LogP contribution in [-0.4, -0.2) is 5.04 Å². The molecule has 0 N–H and O–H groups in total.